The zero-order chi connectivity index (χ0) is 17.6. The molecule has 23 heavy (non-hydrogen) atoms. The molecule has 1 fully saturated rings. The molecule has 0 aromatic carbocycles. The summed E-state index contributed by atoms with van der Waals surface area (Å²) < 4.78 is 0. The molecule has 0 atom stereocenters. The van der Waals surface area contributed by atoms with Crippen molar-refractivity contribution >= 4 is 28.2 Å². The summed E-state index contributed by atoms with van der Waals surface area (Å²) in [5.74, 6) is -0.587. The van der Waals surface area contributed by atoms with E-state index < -0.39 is 11.8 Å². The van der Waals surface area contributed by atoms with Crippen molar-refractivity contribution in [3.05, 3.63) is 10.7 Å². The van der Waals surface area contributed by atoms with Crippen LogP contribution >= 0.6 is 11.3 Å². The first-order chi connectivity index (χ1) is 10.5. The zero-order valence-electron chi connectivity index (χ0n) is 15.1. The van der Waals surface area contributed by atoms with Gasteiger partial charge in [-0.25, -0.2) is 4.98 Å². The van der Waals surface area contributed by atoms with Gasteiger partial charge < -0.3 is 10.2 Å². The van der Waals surface area contributed by atoms with Crippen molar-refractivity contribution in [3.8, 4) is 0 Å². The summed E-state index contributed by atoms with van der Waals surface area (Å²) in [4.78, 5) is 31.0. The Kier molecular flexibility index (Phi) is 4.59. The van der Waals surface area contributed by atoms with Crippen LogP contribution < -0.4 is 5.32 Å². The van der Waals surface area contributed by atoms with Crippen LogP contribution in [-0.4, -0.2) is 33.8 Å². The number of nitrogens with zero attached hydrogens (tertiary/aromatic N) is 2. The van der Waals surface area contributed by atoms with E-state index in [1.165, 1.54) is 11.3 Å². The van der Waals surface area contributed by atoms with Gasteiger partial charge in [-0.05, 0) is 33.1 Å². The minimum atomic E-state index is -0.567. The second-order valence-electron chi connectivity index (χ2n) is 7.89. The van der Waals surface area contributed by atoms with E-state index >= 15 is 0 Å². The lowest BCUT2D eigenvalue weighted by Gasteiger charge is -2.60. The van der Waals surface area contributed by atoms with E-state index in [2.05, 4.69) is 38.0 Å². The van der Waals surface area contributed by atoms with Gasteiger partial charge in [-0.1, -0.05) is 27.7 Å². The number of aryl methyl sites for hydroxylation is 1. The Morgan fingerprint density at radius 3 is 2.39 bits per heavy atom. The van der Waals surface area contributed by atoms with Gasteiger partial charge in [-0.3, -0.25) is 9.59 Å². The highest BCUT2D eigenvalue weighted by molar-refractivity contribution is 7.16. The van der Waals surface area contributed by atoms with Crippen LogP contribution in [0.5, 0.6) is 0 Å². The Balaban J connectivity index is 2.10. The summed E-state index contributed by atoms with van der Waals surface area (Å²) in [7, 11) is 0. The van der Waals surface area contributed by atoms with Crippen molar-refractivity contribution < 1.29 is 9.59 Å². The summed E-state index contributed by atoms with van der Waals surface area (Å²) in [6.07, 6.45) is 0.788. The number of carbonyl (C=O) groups is 2. The monoisotopic (exact) mass is 337 g/mol. The SMILES string of the molecule is Cc1nc(CC(C)C)c(NC(=O)C(=O)N2CC(C)(C)C2(C)C)s1. The first kappa shape index (κ1) is 17.9. The third kappa shape index (κ3) is 3.27. The number of carbonyl (C=O) groups excluding carboxylic acids is 2. The molecule has 128 valence electrons. The van der Waals surface area contributed by atoms with E-state index in [9.17, 15) is 9.59 Å². The first-order valence-corrected chi connectivity index (χ1v) is 8.86. The third-order valence-corrected chi connectivity index (χ3v) is 5.89. The number of amides is 2. The molecule has 1 aromatic rings. The highest BCUT2D eigenvalue weighted by Gasteiger charge is 2.55. The number of hydrogen-bond acceptors (Lipinski definition) is 4. The van der Waals surface area contributed by atoms with E-state index in [0.29, 0.717) is 17.5 Å². The maximum atomic E-state index is 12.5. The van der Waals surface area contributed by atoms with Gasteiger partial charge in [0.2, 0.25) is 0 Å². The predicted molar refractivity (Wildman–Crippen MR) is 93.6 cm³/mol. The average molecular weight is 337 g/mol. The molecular formula is C17H27N3O2S. The fraction of sp³-hybridized carbons (Fsp3) is 0.706. The first-order valence-electron chi connectivity index (χ1n) is 8.05. The number of likely N-dealkylation sites (tertiary alicyclic amines) is 1. The molecule has 0 bridgehead atoms. The van der Waals surface area contributed by atoms with E-state index in [-0.39, 0.29) is 11.0 Å². The molecule has 1 aliphatic rings. The van der Waals surface area contributed by atoms with Crippen molar-refractivity contribution in [2.45, 2.75) is 60.4 Å². The smallest absolute Gasteiger partial charge is 0.314 e. The maximum Gasteiger partial charge on any atom is 0.314 e. The lowest BCUT2D eigenvalue weighted by molar-refractivity contribution is -0.170. The van der Waals surface area contributed by atoms with Crippen molar-refractivity contribution in [1.29, 1.82) is 0 Å². The highest BCUT2D eigenvalue weighted by Crippen LogP contribution is 2.46. The summed E-state index contributed by atoms with van der Waals surface area (Å²) in [5, 5.41) is 4.37. The largest absolute Gasteiger partial charge is 0.328 e. The average Bonchev–Trinajstić information content (AvgIpc) is 2.74. The molecule has 0 saturated carbocycles. The summed E-state index contributed by atoms with van der Waals surface area (Å²) >= 11 is 1.43. The van der Waals surface area contributed by atoms with Crippen LogP contribution in [0.4, 0.5) is 5.00 Å². The normalized spacial score (nSPS) is 18.7. The minimum absolute atomic E-state index is 0.0207. The van der Waals surface area contributed by atoms with Gasteiger partial charge in [-0.2, -0.15) is 0 Å². The standard InChI is InChI=1S/C17H27N3O2S/c1-10(2)8-12-14(23-11(3)18-12)19-13(21)15(22)20-9-16(4,5)17(20,6)7/h10H,8-9H2,1-7H3,(H,19,21). The van der Waals surface area contributed by atoms with E-state index in [1.54, 1.807) is 4.90 Å². The predicted octanol–water partition coefficient (Wildman–Crippen LogP) is 3.24. The van der Waals surface area contributed by atoms with Gasteiger partial charge in [0.05, 0.1) is 10.7 Å². The summed E-state index contributed by atoms with van der Waals surface area (Å²) in [5.41, 5.74) is 0.574. The zero-order valence-corrected chi connectivity index (χ0v) is 15.9. The molecule has 0 aliphatic carbocycles. The lowest BCUT2D eigenvalue weighted by atomic mass is 9.65. The molecule has 0 unspecified atom stereocenters. The fourth-order valence-corrected chi connectivity index (χ4v) is 3.60. The van der Waals surface area contributed by atoms with Crippen LogP contribution in [0.25, 0.3) is 0 Å². The molecule has 0 radical (unpaired) electrons. The van der Waals surface area contributed by atoms with Crippen LogP contribution in [0, 0.1) is 18.3 Å². The topological polar surface area (TPSA) is 62.3 Å². The lowest BCUT2D eigenvalue weighted by Crippen LogP contribution is -2.72. The van der Waals surface area contributed by atoms with Gasteiger partial charge in [0, 0.05) is 17.5 Å². The van der Waals surface area contributed by atoms with E-state index in [4.69, 9.17) is 0 Å². The Hall–Kier alpha value is -1.43. The molecular weight excluding hydrogens is 310 g/mol. The Labute approximate surface area is 142 Å². The van der Waals surface area contributed by atoms with Gasteiger partial charge in [0.1, 0.15) is 5.00 Å². The molecule has 6 heteroatoms. The van der Waals surface area contributed by atoms with Crippen LogP contribution in [0.1, 0.15) is 52.2 Å². The van der Waals surface area contributed by atoms with Crippen LogP contribution in [0.2, 0.25) is 0 Å². The summed E-state index contributed by atoms with van der Waals surface area (Å²) in [6, 6.07) is 0. The van der Waals surface area contributed by atoms with Gasteiger partial charge >= 0.3 is 11.8 Å². The number of aromatic nitrogens is 1. The van der Waals surface area contributed by atoms with Crippen LogP contribution in [0.15, 0.2) is 0 Å². The quantitative estimate of drug-likeness (QED) is 0.861. The molecule has 2 amide bonds. The highest BCUT2D eigenvalue weighted by atomic mass is 32.1. The fourth-order valence-electron chi connectivity index (χ4n) is 2.76. The van der Waals surface area contributed by atoms with E-state index in [0.717, 1.165) is 17.1 Å². The Bertz CT molecular complexity index is 632. The van der Waals surface area contributed by atoms with Gasteiger partial charge in [-0.15, -0.1) is 11.3 Å². The van der Waals surface area contributed by atoms with Crippen molar-refractivity contribution in [2.75, 3.05) is 11.9 Å². The van der Waals surface area contributed by atoms with Crippen molar-refractivity contribution in [2.24, 2.45) is 11.3 Å². The molecule has 0 spiro atoms. The number of nitrogens with one attached hydrogen (secondary N) is 1. The minimum Gasteiger partial charge on any atom is -0.328 e. The number of rotatable bonds is 3. The molecule has 2 rings (SSSR count). The molecule has 2 heterocycles. The Morgan fingerprint density at radius 2 is 1.91 bits per heavy atom. The van der Waals surface area contributed by atoms with Crippen molar-refractivity contribution in [1.82, 2.24) is 9.88 Å². The number of thiazole rings is 1. The van der Waals surface area contributed by atoms with Crippen LogP contribution in [-0.2, 0) is 16.0 Å². The number of anilines is 1. The van der Waals surface area contributed by atoms with Crippen LogP contribution in [0.3, 0.4) is 0 Å². The third-order valence-electron chi connectivity index (χ3n) is 4.96. The molecule has 5 nitrogen and oxygen atoms in total. The van der Waals surface area contributed by atoms with Gasteiger partial charge in [0.25, 0.3) is 0 Å². The molecule has 1 aromatic heterocycles. The Morgan fingerprint density at radius 1 is 1.30 bits per heavy atom. The molecule has 1 aliphatic heterocycles. The second-order valence-corrected chi connectivity index (χ2v) is 9.10. The van der Waals surface area contributed by atoms with Gasteiger partial charge in [0.15, 0.2) is 0 Å². The number of hydrogen-bond donors (Lipinski definition) is 1. The second kappa shape index (κ2) is 5.89. The van der Waals surface area contributed by atoms with E-state index in [1.807, 2.05) is 20.8 Å². The maximum absolute atomic E-state index is 12.5. The molecule has 1 saturated heterocycles. The molecule has 1 N–H and O–H groups in total. The summed E-state index contributed by atoms with van der Waals surface area (Å²) in [6.45, 7) is 15.0. The van der Waals surface area contributed by atoms with Crippen molar-refractivity contribution in [3.63, 3.8) is 0 Å².